The second-order valence-corrected chi connectivity index (χ2v) is 5.93. The number of hydrogen-bond acceptors (Lipinski definition) is 3. The number of anilines is 1. The summed E-state index contributed by atoms with van der Waals surface area (Å²) in [5.41, 5.74) is 5.10. The molecule has 0 amide bonds. The van der Waals surface area contributed by atoms with Gasteiger partial charge in [0.1, 0.15) is 5.82 Å². The molecule has 0 atom stereocenters. The van der Waals surface area contributed by atoms with Crippen LogP contribution in [0.15, 0.2) is 24.3 Å². The Labute approximate surface area is 118 Å². The summed E-state index contributed by atoms with van der Waals surface area (Å²) in [6.45, 7) is 3.14. The van der Waals surface area contributed by atoms with E-state index in [1.165, 1.54) is 22.6 Å². The Morgan fingerprint density at radius 3 is 2.84 bits per heavy atom. The fourth-order valence-corrected chi connectivity index (χ4v) is 2.92. The zero-order chi connectivity index (χ0) is 13.2. The third-order valence-electron chi connectivity index (χ3n) is 3.56. The van der Waals surface area contributed by atoms with Crippen LogP contribution in [0.5, 0.6) is 0 Å². The highest BCUT2D eigenvalue weighted by molar-refractivity contribution is 7.98. The lowest BCUT2D eigenvalue weighted by Crippen LogP contribution is -2.05. The summed E-state index contributed by atoms with van der Waals surface area (Å²) in [5.74, 6) is 2.33. The van der Waals surface area contributed by atoms with E-state index in [9.17, 15) is 0 Å². The first-order chi connectivity index (χ1) is 9.29. The molecule has 3 rings (SSSR count). The summed E-state index contributed by atoms with van der Waals surface area (Å²) in [7, 11) is 0. The lowest BCUT2D eigenvalue weighted by atomic mass is 10.2. The van der Waals surface area contributed by atoms with Crippen molar-refractivity contribution in [3.05, 3.63) is 41.1 Å². The molecular formula is C15H19N3S. The number of thioether (sulfide) groups is 1. The fourth-order valence-electron chi connectivity index (χ4n) is 2.52. The van der Waals surface area contributed by atoms with Crippen LogP contribution in [-0.4, -0.2) is 28.3 Å². The van der Waals surface area contributed by atoms with Gasteiger partial charge in [-0.25, -0.2) is 4.68 Å². The average molecular weight is 273 g/mol. The Hall–Kier alpha value is -1.42. The molecule has 2 aromatic rings. The number of aromatic nitrogens is 2. The molecule has 1 aliphatic rings. The van der Waals surface area contributed by atoms with Crippen LogP contribution in [-0.2, 0) is 12.8 Å². The molecule has 0 bridgehead atoms. The van der Waals surface area contributed by atoms with Gasteiger partial charge in [0.2, 0.25) is 0 Å². The van der Waals surface area contributed by atoms with Gasteiger partial charge in [-0.3, -0.25) is 0 Å². The number of rotatable bonds is 4. The zero-order valence-corrected chi connectivity index (χ0v) is 12.3. The van der Waals surface area contributed by atoms with Gasteiger partial charge >= 0.3 is 0 Å². The number of nitrogens with one attached hydrogen (secondary N) is 1. The first kappa shape index (κ1) is 12.6. The average Bonchev–Trinajstić information content (AvgIpc) is 3.00. The quantitative estimate of drug-likeness (QED) is 0.928. The van der Waals surface area contributed by atoms with Crippen LogP contribution < -0.4 is 5.32 Å². The summed E-state index contributed by atoms with van der Waals surface area (Å²) in [6.07, 6.45) is 4.31. The van der Waals surface area contributed by atoms with Crippen LogP contribution >= 0.6 is 11.8 Å². The highest BCUT2D eigenvalue weighted by Crippen LogP contribution is 2.29. The van der Waals surface area contributed by atoms with Crippen molar-refractivity contribution >= 4 is 17.6 Å². The minimum absolute atomic E-state index is 1.03. The Bertz CT molecular complexity index is 572. The van der Waals surface area contributed by atoms with Crippen LogP contribution in [0.25, 0.3) is 5.69 Å². The van der Waals surface area contributed by atoms with Gasteiger partial charge in [0, 0.05) is 18.5 Å². The molecule has 0 saturated carbocycles. The maximum atomic E-state index is 4.81. The first-order valence-electron chi connectivity index (χ1n) is 6.70. The maximum absolute atomic E-state index is 4.81. The summed E-state index contributed by atoms with van der Waals surface area (Å²) >= 11 is 1.88. The largest absolute Gasteiger partial charge is 0.369 e. The molecule has 4 heteroatoms. The number of nitrogens with zero attached hydrogens (tertiary/aromatic N) is 2. The van der Waals surface area contributed by atoms with Gasteiger partial charge in [-0.15, -0.1) is 0 Å². The normalized spacial score (nSPS) is 13.4. The maximum Gasteiger partial charge on any atom is 0.133 e. The Morgan fingerprint density at radius 2 is 2.11 bits per heavy atom. The highest BCUT2D eigenvalue weighted by Gasteiger charge is 2.22. The summed E-state index contributed by atoms with van der Waals surface area (Å²) < 4.78 is 2.07. The molecule has 3 nitrogen and oxygen atoms in total. The number of fused-ring (bicyclic) bond motifs is 1. The third kappa shape index (κ3) is 2.37. The monoisotopic (exact) mass is 273 g/mol. The van der Waals surface area contributed by atoms with E-state index in [-0.39, 0.29) is 0 Å². The van der Waals surface area contributed by atoms with E-state index in [0.717, 1.165) is 30.8 Å². The summed E-state index contributed by atoms with van der Waals surface area (Å²) in [5, 5.41) is 8.28. The minimum atomic E-state index is 1.03. The van der Waals surface area contributed by atoms with Crippen molar-refractivity contribution in [2.75, 3.05) is 23.9 Å². The third-order valence-corrected chi connectivity index (χ3v) is 4.17. The van der Waals surface area contributed by atoms with E-state index in [0.29, 0.717) is 0 Å². The van der Waals surface area contributed by atoms with Crippen molar-refractivity contribution in [1.82, 2.24) is 9.78 Å². The van der Waals surface area contributed by atoms with Gasteiger partial charge in [-0.1, -0.05) is 17.7 Å². The van der Waals surface area contributed by atoms with Crippen molar-refractivity contribution in [3.8, 4) is 5.69 Å². The summed E-state index contributed by atoms with van der Waals surface area (Å²) in [4.78, 5) is 0. The topological polar surface area (TPSA) is 29.9 Å². The molecule has 0 aliphatic carbocycles. The first-order valence-corrected chi connectivity index (χ1v) is 8.09. The molecule has 19 heavy (non-hydrogen) atoms. The second kappa shape index (κ2) is 5.29. The summed E-state index contributed by atoms with van der Waals surface area (Å²) in [6, 6.07) is 8.56. The molecule has 2 heterocycles. The molecule has 0 saturated heterocycles. The molecule has 0 spiro atoms. The number of hydrogen-bond donors (Lipinski definition) is 1. The van der Waals surface area contributed by atoms with Crippen LogP contribution in [0, 0.1) is 6.92 Å². The standard InChI is InChI=1S/C15H19N3S/c1-11-3-5-12(6-4-11)18-15-13(7-9-16-15)14(17-18)8-10-19-2/h3-6,16H,7-10H2,1-2H3. The van der Waals surface area contributed by atoms with Crippen LogP contribution in [0.3, 0.4) is 0 Å². The van der Waals surface area contributed by atoms with E-state index in [4.69, 9.17) is 5.10 Å². The fraction of sp³-hybridized carbons (Fsp3) is 0.400. The zero-order valence-electron chi connectivity index (χ0n) is 11.4. The molecule has 1 N–H and O–H groups in total. The smallest absolute Gasteiger partial charge is 0.133 e. The molecular weight excluding hydrogens is 254 g/mol. The van der Waals surface area contributed by atoms with Gasteiger partial charge < -0.3 is 5.32 Å². The van der Waals surface area contributed by atoms with Gasteiger partial charge in [-0.2, -0.15) is 16.9 Å². The molecule has 1 aliphatic heterocycles. The number of benzene rings is 1. The molecule has 1 aromatic heterocycles. The van der Waals surface area contributed by atoms with Crippen molar-refractivity contribution in [2.24, 2.45) is 0 Å². The molecule has 0 radical (unpaired) electrons. The van der Waals surface area contributed by atoms with Crippen LogP contribution in [0.1, 0.15) is 16.8 Å². The van der Waals surface area contributed by atoms with E-state index < -0.39 is 0 Å². The van der Waals surface area contributed by atoms with Gasteiger partial charge in [-0.05, 0) is 37.5 Å². The van der Waals surface area contributed by atoms with Crippen molar-refractivity contribution in [1.29, 1.82) is 0 Å². The van der Waals surface area contributed by atoms with Crippen molar-refractivity contribution < 1.29 is 0 Å². The lowest BCUT2D eigenvalue weighted by Gasteiger charge is -2.06. The Morgan fingerprint density at radius 1 is 1.32 bits per heavy atom. The van der Waals surface area contributed by atoms with E-state index in [2.05, 4.69) is 47.4 Å². The van der Waals surface area contributed by atoms with Crippen molar-refractivity contribution in [3.63, 3.8) is 0 Å². The predicted molar refractivity (Wildman–Crippen MR) is 82.6 cm³/mol. The van der Waals surface area contributed by atoms with E-state index >= 15 is 0 Å². The predicted octanol–water partition coefficient (Wildman–Crippen LogP) is 3.05. The van der Waals surface area contributed by atoms with Gasteiger partial charge in [0.25, 0.3) is 0 Å². The van der Waals surface area contributed by atoms with Crippen LogP contribution in [0.4, 0.5) is 5.82 Å². The molecule has 0 unspecified atom stereocenters. The highest BCUT2D eigenvalue weighted by atomic mass is 32.2. The Balaban J connectivity index is 1.99. The number of aryl methyl sites for hydroxylation is 2. The van der Waals surface area contributed by atoms with E-state index in [1.54, 1.807) is 0 Å². The van der Waals surface area contributed by atoms with Gasteiger partial charge in [0.05, 0.1) is 11.4 Å². The second-order valence-electron chi connectivity index (χ2n) is 4.94. The van der Waals surface area contributed by atoms with Gasteiger partial charge in [0.15, 0.2) is 0 Å². The molecule has 100 valence electrons. The van der Waals surface area contributed by atoms with Crippen LogP contribution in [0.2, 0.25) is 0 Å². The molecule has 0 fully saturated rings. The lowest BCUT2D eigenvalue weighted by molar-refractivity contribution is 0.834. The van der Waals surface area contributed by atoms with Crippen molar-refractivity contribution in [2.45, 2.75) is 19.8 Å². The Kier molecular flexibility index (Phi) is 3.51. The minimum Gasteiger partial charge on any atom is -0.369 e. The molecule has 1 aromatic carbocycles. The van der Waals surface area contributed by atoms with E-state index in [1.807, 2.05) is 11.8 Å². The SMILES string of the molecule is CSCCc1nn(-c2ccc(C)cc2)c2c1CCN2.